The van der Waals surface area contributed by atoms with Crippen molar-refractivity contribution in [3.05, 3.63) is 0 Å². The molecule has 0 heterocycles. The molecule has 0 fully saturated rings. The van der Waals surface area contributed by atoms with E-state index in [9.17, 15) is 28.7 Å². The van der Waals surface area contributed by atoms with Crippen molar-refractivity contribution in [1.82, 2.24) is 5.32 Å². The second-order valence-electron chi connectivity index (χ2n) is 9.47. The molecule has 0 aliphatic heterocycles. The van der Waals surface area contributed by atoms with Crippen LogP contribution in [0.15, 0.2) is 0 Å². The van der Waals surface area contributed by atoms with Gasteiger partial charge in [0.2, 0.25) is 5.91 Å². The predicted molar refractivity (Wildman–Crippen MR) is 137 cm³/mol. The molecule has 0 unspecified atom stereocenters. The molecule has 0 aliphatic carbocycles. The Morgan fingerprint density at radius 3 is 1.67 bits per heavy atom. The van der Waals surface area contributed by atoms with Crippen molar-refractivity contribution in [3.8, 4) is 0 Å². The van der Waals surface area contributed by atoms with Crippen molar-refractivity contribution >= 4 is 25.7 Å². The monoisotopic (exact) mass is 595 g/mol. The number of nitrogens with one attached hydrogen (secondary N) is 1. The third kappa shape index (κ3) is 34.6. The maximum atomic E-state index is 12.1. The predicted octanol–water partition coefficient (Wildman–Crippen LogP) is -1.92. The summed E-state index contributed by atoms with van der Waals surface area (Å²) >= 11 is 0. The minimum atomic E-state index is -5.24. The van der Waals surface area contributed by atoms with E-state index in [4.69, 9.17) is 9.47 Å². The summed E-state index contributed by atoms with van der Waals surface area (Å²) in [6.45, 7) is 3.34. The van der Waals surface area contributed by atoms with E-state index < -0.39 is 32.5 Å². The largest absolute Gasteiger partial charge is 1.00 e. The summed E-state index contributed by atoms with van der Waals surface area (Å²) in [7, 11) is -5.24. The first kappa shape index (κ1) is 44.0. The first-order chi connectivity index (χ1) is 17.6. The molecule has 0 saturated heterocycles. The van der Waals surface area contributed by atoms with E-state index in [0.29, 0.717) is 12.8 Å². The van der Waals surface area contributed by atoms with Gasteiger partial charge in [0.1, 0.15) is 6.61 Å². The molecule has 13 heteroatoms. The fourth-order valence-electron chi connectivity index (χ4n) is 3.74. The molecule has 1 atom stereocenters. The standard InChI is InChI=1S/C26H50NO9P.2Na/c1-3-4-5-6-9-13-16-19-26(30)36-24(22-35-37(31,32)33)21-34-25(29)18-15-12-10-7-8-11-14-17-20-27-23(2)28;;/h24H,3-22H2,1-2H3,(H,27,28)(H2,31,32,33);;/q;2*+1/p-2/t24-;;/m1../s1. The Hall–Kier alpha value is 0.520. The topological polar surface area (TPSA) is 154 Å². The van der Waals surface area contributed by atoms with Gasteiger partial charge in [-0.3, -0.25) is 14.4 Å². The molecule has 1 amide bonds. The molecular formula is C26H48NNa2O9P. The summed E-state index contributed by atoms with van der Waals surface area (Å²) in [6, 6.07) is 0. The van der Waals surface area contributed by atoms with Gasteiger partial charge in [0.25, 0.3) is 0 Å². The maximum absolute atomic E-state index is 12.1. The number of phosphoric ester groups is 1. The van der Waals surface area contributed by atoms with Gasteiger partial charge in [0.15, 0.2) is 6.10 Å². The number of amides is 1. The molecule has 1 N–H and O–H groups in total. The Kier molecular flexibility index (Phi) is 33.8. The van der Waals surface area contributed by atoms with E-state index in [1.165, 1.54) is 26.2 Å². The Labute approximate surface area is 279 Å². The molecule has 0 rings (SSSR count). The second kappa shape index (κ2) is 30.0. The Morgan fingerprint density at radius 2 is 1.18 bits per heavy atom. The van der Waals surface area contributed by atoms with Crippen molar-refractivity contribution in [2.45, 2.75) is 129 Å². The zero-order valence-electron chi connectivity index (χ0n) is 24.8. The van der Waals surface area contributed by atoms with E-state index in [2.05, 4.69) is 16.8 Å². The fraction of sp³-hybridized carbons (Fsp3) is 0.885. The molecular weight excluding hydrogens is 547 g/mol. The Balaban J connectivity index is -0.00000648. The van der Waals surface area contributed by atoms with E-state index >= 15 is 0 Å². The van der Waals surface area contributed by atoms with Crippen molar-refractivity contribution in [1.29, 1.82) is 0 Å². The normalized spacial score (nSPS) is 11.6. The number of hydrogen-bond acceptors (Lipinski definition) is 9. The van der Waals surface area contributed by atoms with Crippen LogP contribution < -0.4 is 74.2 Å². The number of unbranched alkanes of at least 4 members (excludes halogenated alkanes) is 13. The van der Waals surface area contributed by atoms with Gasteiger partial charge in [-0.25, -0.2) is 0 Å². The third-order valence-electron chi connectivity index (χ3n) is 5.81. The molecule has 0 aliphatic rings. The minimum Gasteiger partial charge on any atom is -0.790 e. The number of rotatable bonds is 25. The van der Waals surface area contributed by atoms with Crippen LogP contribution in [0.5, 0.6) is 0 Å². The first-order valence-electron chi connectivity index (χ1n) is 13.9. The molecule has 0 spiro atoms. The van der Waals surface area contributed by atoms with Gasteiger partial charge in [0.05, 0.1) is 14.4 Å². The molecule has 0 aromatic rings. The molecule has 39 heavy (non-hydrogen) atoms. The zero-order valence-corrected chi connectivity index (χ0v) is 29.7. The number of esters is 2. The summed E-state index contributed by atoms with van der Waals surface area (Å²) in [5, 5.41) is 2.78. The van der Waals surface area contributed by atoms with Crippen LogP contribution in [0.2, 0.25) is 0 Å². The van der Waals surface area contributed by atoms with Crippen molar-refractivity contribution in [2.75, 3.05) is 19.8 Å². The van der Waals surface area contributed by atoms with E-state index in [0.717, 1.165) is 70.8 Å². The van der Waals surface area contributed by atoms with Gasteiger partial charge in [-0.1, -0.05) is 84.0 Å². The van der Waals surface area contributed by atoms with E-state index in [-0.39, 0.29) is 84.5 Å². The van der Waals surface area contributed by atoms with Gasteiger partial charge < -0.3 is 33.7 Å². The molecule has 0 radical (unpaired) electrons. The number of hydrogen-bond donors (Lipinski definition) is 1. The molecule has 0 saturated carbocycles. The van der Waals surface area contributed by atoms with Crippen LogP contribution in [0.1, 0.15) is 123 Å². The fourth-order valence-corrected chi connectivity index (χ4v) is 4.09. The summed E-state index contributed by atoms with van der Waals surface area (Å²) < 4.78 is 25.4. The number of ether oxygens (including phenoxy) is 2. The molecule has 0 aromatic carbocycles. The van der Waals surface area contributed by atoms with Crippen LogP contribution in [-0.4, -0.2) is 43.7 Å². The van der Waals surface area contributed by atoms with Crippen LogP contribution in [0.3, 0.4) is 0 Å². The van der Waals surface area contributed by atoms with Crippen LogP contribution >= 0.6 is 7.82 Å². The summed E-state index contributed by atoms with van der Waals surface area (Å²) in [4.78, 5) is 56.5. The van der Waals surface area contributed by atoms with Crippen LogP contribution in [0.25, 0.3) is 0 Å². The van der Waals surface area contributed by atoms with Gasteiger partial charge in [-0.05, 0) is 19.3 Å². The van der Waals surface area contributed by atoms with Crippen molar-refractivity contribution in [3.63, 3.8) is 0 Å². The molecule has 218 valence electrons. The maximum Gasteiger partial charge on any atom is 1.00 e. The number of carbonyl (C=O) groups excluding carboxylic acids is 3. The summed E-state index contributed by atoms with van der Waals surface area (Å²) in [6.07, 6.45) is 14.4. The quantitative estimate of drug-likeness (QED) is 0.0551. The minimum absolute atomic E-state index is 0. The number of phosphoric acid groups is 1. The Morgan fingerprint density at radius 1 is 0.718 bits per heavy atom. The van der Waals surface area contributed by atoms with Crippen LogP contribution in [-0.2, 0) is 32.9 Å². The molecule has 10 nitrogen and oxygen atoms in total. The van der Waals surface area contributed by atoms with Crippen LogP contribution in [0.4, 0.5) is 0 Å². The molecule has 0 bridgehead atoms. The molecule has 0 aromatic heterocycles. The van der Waals surface area contributed by atoms with E-state index in [1.807, 2.05) is 0 Å². The third-order valence-corrected chi connectivity index (χ3v) is 6.28. The van der Waals surface area contributed by atoms with Gasteiger partial charge in [-0.15, -0.1) is 0 Å². The average molecular weight is 596 g/mol. The summed E-state index contributed by atoms with van der Waals surface area (Å²) in [5.41, 5.74) is 0. The number of carbonyl (C=O) groups is 3. The van der Waals surface area contributed by atoms with Gasteiger partial charge in [-0.2, -0.15) is 0 Å². The Bertz CT molecular complexity index is 665. The average Bonchev–Trinajstić information content (AvgIpc) is 2.82. The van der Waals surface area contributed by atoms with Gasteiger partial charge >= 0.3 is 71.1 Å². The van der Waals surface area contributed by atoms with Crippen LogP contribution in [0, 0.1) is 0 Å². The summed E-state index contributed by atoms with van der Waals surface area (Å²) in [5.74, 6) is -1.02. The van der Waals surface area contributed by atoms with Gasteiger partial charge in [0, 0.05) is 26.3 Å². The SMILES string of the molecule is CCCCCCCCCC(=O)O[C@H](COC(=O)CCCCCCCCCCNC(C)=O)COP(=O)([O-])[O-].[Na+].[Na+]. The van der Waals surface area contributed by atoms with E-state index in [1.54, 1.807) is 0 Å². The second-order valence-corrected chi connectivity index (χ2v) is 10.6. The zero-order chi connectivity index (χ0) is 27.8. The van der Waals surface area contributed by atoms with Crippen molar-refractivity contribution < 1.29 is 102 Å². The first-order valence-corrected chi connectivity index (χ1v) is 15.4. The van der Waals surface area contributed by atoms with Crippen molar-refractivity contribution in [2.24, 2.45) is 0 Å². The smallest absolute Gasteiger partial charge is 0.790 e.